The van der Waals surface area contributed by atoms with Crippen molar-refractivity contribution in [3.8, 4) is 5.75 Å². The lowest BCUT2D eigenvalue weighted by molar-refractivity contribution is -0.215. The molecule has 70 valence electrons. The van der Waals surface area contributed by atoms with Gasteiger partial charge in [0.05, 0.1) is 6.61 Å². The summed E-state index contributed by atoms with van der Waals surface area (Å²) in [7, 11) is 0. The Morgan fingerprint density at radius 1 is 1.31 bits per heavy atom. The summed E-state index contributed by atoms with van der Waals surface area (Å²) in [5.41, 5.74) is 2.50. The summed E-state index contributed by atoms with van der Waals surface area (Å²) in [5, 5.41) is 0. The molecule has 0 radical (unpaired) electrons. The van der Waals surface area contributed by atoms with E-state index in [9.17, 15) is 0 Å². The first kappa shape index (κ1) is 8.57. The van der Waals surface area contributed by atoms with Crippen molar-refractivity contribution in [3.05, 3.63) is 29.3 Å². The molecule has 0 N–H and O–H groups in total. The van der Waals surface area contributed by atoms with Gasteiger partial charge in [-0.2, -0.15) is 4.89 Å². The lowest BCUT2D eigenvalue weighted by Crippen LogP contribution is -2.12. The summed E-state index contributed by atoms with van der Waals surface area (Å²) in [5.74, 6) is 1.42. The van der Waals surface area contributed by atoms with Crippen LogP contribution in [-0.2, 0) is 11.3 Å². The minimum absolute atomic E-state index is 0.483. The largest absolute Gasteiger partial charge is 0.337 e. The van der Waals surface area contributed by atoms with E-state index in [1.807, 2.05) is 0 Å². The number of hydrogen-bond donors (Lipinski definition) is 0. The summed E-state index contributed by atoms with van der Waals surface area (Å²) in [6.07, 6.45) is 0.954. The van der Waals surface area contributed by atoms with Crippen LogP contribution in [0.25, 0.3) is 0 Å². The molecule has 1 heterocycles. The highest BCUT2D eigenvalue weighted by molar-refractivity contribution is 5.43. The van der Waals surface area contributed by atoms with Gasteiger partial charge in [-0.25, -0.2) is 0 Å². The molecule has 1 aromatic carbocycles. The summed E-state index contributed by atoms with van der Waals surface area (Å²) in [4.78, 5) is 10.2. The third-order valence-corrected chi connectivity index (χ3v) is 2.35. The fourth-order valence-electron chi connectivity index (χ4n) is 1.61. The molecule has 0 bridgehead atoms. The van der Waals surface area contributed by atoms with E-state index in [4.69, 9.17) is 9.78 Å². The second-order valence-electron chi connectivity index (χ2n) is 3.65. The van der Waals surface area contributed by atoms with Crippen molar-refractivity contribution in [1.29, 1.82) is 0 Å². The van der Waals surface area contributed by atoms with Gasteiger partial charge in [-0.15, -0.1) is 0 Å². The van der Waals surface area contributed by atoms with E-state index in [-0.39, 0.29) is 0 Å². The highest BCUT2D eigenvalue weighted by Gasteiger charge is 2.16. The Morgan fingerprint density at radius 3 is 2.92 bits per heavy atom. The molecular weight excluding hydrogens is 164 g/mol. The zero-order valence-corrected chi connectivity index (χ0v) is 8.04. The maximum atomic E-state index is 5.22. The second-order valence-corrected chi connectivity index (χ2v) is 3.65. The Morgan fingerprint density at radius 2 is 2.15 bits per heavy atom. The molecule has 0 spiro atoms. The standard InChI is InChI=1S/C11H14O2/c1-8(2)10-5-3-4-9-6-7-12-13-11(9)10/h3-5,8H,6-7H2,1-2H3. The van der Waals surface area contributed by atoms with Gasteiger partial charge in [-0.1, -0.05) is 32.0 Å². The maximum absolute atomic E-state index is 5.22. The molecular formula is C11H14O2. The van der Waals surface area contributed by atoms with Gasteiger partial charge in [-0.05, 0) is 5.92 Å². The maximum Gasteiger partial charge on any atom is 0.172 e. The van der Waals surface area contributed by atoms with Crippen LogP contribution in [0.3, 0.4) is 0 Å². The van der Waals surface area contributed by atoms with Crippen molar-refractivity contribution >= 4 is 0 Å². The lowest BCUT2D eigenvalue weighted by Gasteiger charge is -2.20. The molecule has 2 rings (SSSR count). The number of rotatable bonds is 1. The van der Waals surface area contributed by atoms with Gasteiger partial charge in [0, 0.05) is 17.5 Å². The number of benzene rings is 1. The molecule has 2 heteroatoms. The van der Waals surface area contributed by atoms with E-state index in [2.05, 4.69) is 32.0 Å². The van der Waals surface area contributed by atoms with Crippen molar-refractivity contribution in [2.24, 2.45) is 0 Å². The predicted octanol–water partition coefficient (Wildman–Crippen LogP) is 2.68. The van der Waals surface area contributed by atoms with Gasteiger partial charge in [0.2, 0.25) is 0 Å². The smallest absolute Gasteiger partial charge is 0.172 e. The van der Waals surface area contributed by atoms with Crippen molar-refractivity contribution < 1.29 is 9.78 Å². The van der Waals surface area contributed by atoms with Crippen LogP contribution in [0.5, 0.6) is 5.75 Å². The molecule has 0 aromatic heterocycles. The molecule has 0 unspecified atom stereocenters. The van der Waals surface area contributed by atoms with Crippen LogP contribution >= 0.6 is 0 Å². The third-order valence-electron chi connectivity index (χ3n) is 2.35. The van der Waals surface area contributed by atoms with Crippen LogP contribution in [0.15, 0.2) is 18.2 Å². The van der Waals surface area contributed by atoms with E-state index in [0.717, 1.165) is 12.2 Å². The minimum Gasteiger partial charge on any atom is -0.337 e. The fraction of sp³-hybridized carbons (Fsp3) is 0.455. The summed E-state index contributed by atoms with van der Waals surface area (Å²) >= 11 is 0. The zero-order chi connectivity index (χ0) is 9.26. The molecule has 13 heavy (non-hydrogen) atoms. The van der Waals surface area contributed by atoms with Gasteiger partial charge in [0.25, 0.3) is 0 Å². The Hall–Kier alpha value is -1.02. The average Bonchev–Trinajstić information content (AvgIpc) is 2.17. The van der Waals surface area contributed by atoms with Crippen molar-refractivity contribution in [2.75, 3.05) is 6.61 Å². The second kappa shape index (κ2) is 3.38. The minimum atomic E-state index is 0.483. The lowest BCUT2D eigenvalue weighted by atomic mass is 9.98. The molecule has 1 aromatic rings. The van der Waals surface area contributed by atoms with Crippen LogP contribution < -0.4 is 4.89 Å². The van der Waals surface area contributed by atoms with E-state index in [0.29, 0.717) is 12.5 Å². The van der Waals surface area contributed by atoms with Crippen molar-refractivity contribution in [3.63, 3.8) is 0 Å². The molecule has 0 atom stereocenters. The highest BCUT2D eigenvalue weighted by Crippen LogP contribution is 2.32. The predicted molar refractivity (Wildman–Crippen MR) is 50.8 cm³/mol. The number of hydrogen-bond acceptors (Lipinski definition) is 2. The van der Waals surface area contributed by atoms with Crippen LogP contribution in [0.2, 0.25) is 0 Å². The monoisotopic (exact) mass is 178 g/mol. The average molecular weight is 178 g/mol. The van der Waals surface area contributed by atoms with Gasteiger partial charge in [-0.3, -0.25) is 0 Å². The van der Waals surface area contributed by atoms with Gasteiger partial charge in [0.15, 0.2) is 5.75 Å². The highest BCUT2D eigenvalue weighted by atomic mass is 17.2. The molecule has 0 saturated heterocycles. The van der Waals surface area contributed by atoms with Gasteiger partial charge in [0.1, 0.15) is 0 Å². The topological polar surface area (TPSA) is 18.5 Å². The molecule has 0 amide bonds. The summed E-state index contributed by atoms with van der Waals surface area (Å²) in [6, 6.07) is 6.28. The first-order valence-electron chi connectivity index (χ1n) is 4.70. The first-order valence-corrected chi connectivity index (χ1v) is 4.70. The van der Waals surface area contributed by atoms with Crippen molar-refractivity contribution in [1.82, 2.24) is 0 Å². The van der Waals surface area contributed by atoms with E-state index in [1.54, 1.807) is 0 Å². The van der Waals surface area contributed by atoms with Crippen molar-refractivity contribution in [2.45, 2.75) is 26.2 Å². The molecule has 2 nitrogen and oxygen atoms in total. The number of para-hydroxylation sites is 1. The Balaban J connectivity index is 2.46. The van der Waals surface area contributed by atoms with Crippen LogP contribution in [0.1, 0.15) is 30.9 Å². The zero-order valence-electron chi connectivity index (χ0n) is 8.04. The Labute approximate surface area is 78.4 Å². The van der Waals surface area contributed by atoms with Gasteiger partial charge < -0.3 is 4.89 Å². The van der Waals surface area contributed by atoms with Gasteiger partial charge >= 0.3 is 0 Å². The molecule has 1 aliphatic rings. The number of fused-ring (bicyclic) bond motifs is 1. The summed E-state index contributed by atoms with van der Waals surface area (Å²) in [6.45, 7) is 4.98. The van der Waals surface area contributed by atoms with E-state index < -0.39 is 0 Å². The Kier molecular flexibility index (Phi) is 2.23. The van der Waals surface area contributed by atoms with Crippen LogP contribution in [0, 0.1) is 0 Å². The third kappa shape index (κ3) is 1.54. The Bertz CT molecular complexity index is 305. The SMILES string of the molecule is CC(C)c1cccc2c1OOCC2. The molecule has 1 aliphatic heterocycles. The first-order chi connectivity index (χ1) is 6.29. The van der Waals surface area contributed by atoms with Crippen LogP contribution in [0.4, 0.5) is 0 Å². The summed E-state index contributed by atoms with van der Waals surface area (Å²) < 4.78 is 0. The molecule has 0 aliphatic carbocycles. The molecule has 0 fully saturated rings. The normalized spacial score (nSPS) is 15.3. The molecule has 0 saturated carbocycles. The van der Waals surface area contributed by atoms with E-state index >= 15 is 0 Å². The quantitative estimate of drug-likeness (QED) is 0.615. The fourth-order valence-corrected chi connectivity index (χ4v) is 1.61. The van der Waals surface area contributed by atoms with Crippen LogP contribution in [-0.4, -0.2) is 6.61 Å². The van der Waals surface area contributed by atoms with E-state index in [1.165, 1.54) is 11.1 Å².